The standard InChI is InChI=1S/C35H50N2O9/c1-7-37-16-32(17-45-30(39)19-10-8-9-11-22(19)36)13-12-24(43-5)34-21-14-20-23(42-4)15-33(40,25(21)26(20)46-29(38)18(2)3)35(41,31(34)37)28(44-6)27(32)34/h8-11,18,20-21,23-28,31,40-41H,7,12-17,36H2,1-6H3. The first-order valence-corrected chi connectivity index (χ1v) is 16.9. The molecule has 1 spiro atoms. The molecule has 13 unspecified atom stereocenters. The fourth-order valence-electron chi connectivity index (χ4n) is 12.1. The second kappa shape index (κ2) is 10.9. The summed E-state index contributed by atoms with van der Waals surface area (Å²) in [4.78, 5) is 28.9. The molecule has 4 N–H and O–H groups in total. The number of rotatable bonds is 9. The first-order chi connectivity index (χ1) is 21.9. The molecule has 1 heterocycles. The third kappa shape index (κ3) is 3.76. The van der Waals surface area contributed by atoms with E-state index in [2.05, 4.69) is 11.8 Å². The van der Waals surface area contributed by atoms with Crippen LogP contribution >= 0.6 is 0 Å². The van der Waals surface area contributed by atoms with E-state index in [0.717, 1.165) is 0 Å². The summed E-state index contributed by atoms with van der Waals surface area (Å²) in [5.41, 5.74) is 2.08. The molecule has 0 aromatic heterocycles. The van der Waals surface area contributed by atoms with Crippen LogP contribution in [0.1, 0.15) is 56.8 Å². The number of nitrogens with two attached hydrogens (primary N) is 1. The maximum absolute atomic E-state index is 13.5. The molecule has 6 fully saturated rings. The molecule has 0 amide bonds. The van der Waals surface area contributed by atoms with E-state index >= 15 is 0 Å². The molecule has 1 aromatic rings. The quantitative estimate of drug-likeness (QED) is 0.269. The summed E-state index contributed by atoms with van der Waals surface area (Å²) in [5, 5.41) is 26.7. The van der Waals surface area contributed by atoms with Gasteiger partial charge in [0, 0.05) is 68.6 Å². The van der Waals surface area contributed by atoms with Gasteiger partial charge in [-0.3, -0.25) is 9.69 Å². The number of likely N-dealkylation sites (N-methyl/N-ethyl adjacent to an activating group) is 1. The van der Waals surface area contributed by atoms with Crippen molar-refractivity contribution in [1.29, 1.82) is 0 Å². The van der Waals surface area contributed by atoms with Gasteiger partial charge in [-0.05, 0) is 43.9 Å². The van der Waals surface area contributed by atoms with E-state index in [1.807, 2.05) is 0 Å². The molecule has 5 aliphatic carbocycles. The molecule has 11 nitrogen and oxygen atoms in total. The first kappa shape index (κ1) is 32.3. The van der Waals surface area contributed by atoms with Crippen LogP contribution in [0.4, 0.5) is 5.69 Å². The van der Waals surface area contributed by atoms with Crippen LogP contribution in [0.5, 0.6) is 0 Å². The van der Waals surface area contributed by atoms with Crippen LogP contribution in [-0.4, -0.2) is 110 Å². The van der Waals surface area contributed by atoms with Gasteiger partial charge in [0.25, 0.3) is 0 Å². The van der Waals surface area contributed by atoms with Crippen LogP contribution in [-0.2, 0) is 28.5 Å². The van der Waals surface area contributed by atoms with E-state index in [1.165, 1.54) is 0 Å². The number of nitrogen functional groups attached to an aromatic ring is 1. The van der Waals surface area contributed by atoms with Gasteiger partial charge < -0.3 is 39.6 Å². The molecule has 6 aliphatic rings. The molecule has 11 heteroatoms. The number of ether oxygens (including phenoxy) is 5. The van der Waals surface area contributed by atoms with Crippen LogP contribution in [0.15, 0.2) is 24.3 Å². The Balaban J connectivity index is 1.40. The smallest absolute Gasteiger partial charge is 0.340 e. The maximum atomic E-state index is 13.5. The highest BCUT2D eigenvalue weighted by Gasteiger charge is 2.92. The SMILES string of the molecule is CCN1CC2(COC(=O)c3ccccc3N)CCC(OC)C34C5CC6C(OC)CC(O)(C5C6OC(=O)C(C)C)C(O)(C(OC)C23)C14. The third-order valence-corrected chi connectivity index (χ3v) is 13.4. The van der Waals surface area contributed by atoms with E-state index < -0.39 is 58.3 Å². The number of likely N-dealkylation sites (tertiary alicyclic amines) is 1. The van der Waals surface area contributed by atoms with Crippen molar-refractivity contribution in [3.63, 3.8) is 0 Å². The Labute approximate surface area is 271 Å². The van der Waals surface area contributed by atoms with Crippen molar-refractivity contribution < 1.29 is 43.5 Å². The lowest BCUT2D eigenvalue weighted by atomic mass is 9.42. The van der Waals surface area contributed by atoms with Crippen LogP contribution in [0.25, 0.3) is 0 Å². The molecular weight excluding hydrogens is 592 g/mol. The molecule has 254 valence electrons. The minimum atomic E-state index is -1.76. The summed E-state index contributed by atoms with van der Waals surface area (Å²) >= 11 is 0. The highest BCUT2D eigenvalue weighted by atomic mass is 16.6. The Kier molecular flexibility index (Phi) is 7.62. The van der Waals surface area contributed by atoms with Gasteiger partial charge in [0.2, 0.25) is 0 Å². The van der Waals surface area contributed by atoms with Gasteiger partial charge in [0.1, 0.15) is 17.3 Å². The zero-order valence-corrected chi connectivity index (χ0v) is 27.8. The van der Waals surface area contributed by atoms with E-state index in [4.69, 9.17) is 29.4 Å². The number of hydrogen-bond acceptors (Lipinski definition) is 11. The van der Waals surface area contributed by atoms with E-state index in [-0.39, 0.29) is 48.8 Å². The highest BCUT2D eigenvalue weighted by Crippen LogP contribution is 2.80. The number of para-hydroxylation sites is 1. The molecule has 46 heavy (non-hydrogen) atoms. The Morgan fingerprint density at radius 2 is 1.85 bits per heavy atom. The number of piperidine rings is 1. The summed E-state index contributed by atoms with van der Waals surface area (Å²) in [6.45, 7) is 6.94. The number of hydrogen-bond donors (Lipinski definition) is 3. The van der Waals surface area contributed by atoms with Crippen LogP contribution < -0.4 is 5.73 Å². The summed E-state index contributed by atoms with van der Waals surface area (Å²) in [5.74, 6) is -2.36. The molecule has 1 aromatic carbocycles. The largest absolute Gasteiger partial charge is 0.461 e. The van der Waals surface area contributed by atoms with Gasteiger partial charge in [0.05, 0.1) is 42.4 Å². The van der Waals surface area contributed by atoms with Gasteiger partial charge >= 0.3 is 11.9 Å². The minimum absolute atomic E-state index is 0.105. The molecule has 7 rings (SSSR count). The summed E-state index contributed by atoms with van der Waals surface area (Å²) in [6, 6.07) is 6.38. The maximum Gasteiger partial charge on any atom is 0.340 e. The van der Waals surface area contributed by atoms with Gasteiger partial charge in [0.15, 0.2) is 0 Å². The number of esters is 2. The van der Waals surface area contributed by atoms with Crippen molar-refractivity contribution in [2.45, 2.75) is 88.1 Å². The fraction of sp³-hybridized carbons (Fsp3) is 0.771. The van der Waals surface area contributed by atoms with E-state index in [0.29, 0.717) is 43.6 Å². The predicted octanol–water partition coefficient (Wildman–Crippen LogP) is 2.27. The Hall–Kier alpha value is -2.28. The lowest BCUT2D eigenvalue weighted by Gasteiger charge is -2.70. The molecular formula is C35H50N2O9. The molecule has 0 radical (unpaired) electrons. The van der Waals surface area contributed by atoms with Gasteiger partial charge in [-0.15, -0.1) is 0 Å². The molecule has 1 saturated heterocycles. The number of methoxy groups -OCH3 is 3. The summed E-state index contributed by atoms with van der Waals surface area (Å²) in [6.07, 6.45) is 0.0868. The van der Waals surface area contributed by atoms with E-state index in [9.17, 15) is 19.8 Å². The zero-order chi connectivity index (χ0) is 33.0. The highest BCUT2D eigenvalue weighted by molar-refractivity contribution is 5.95. The first-order valence-electron chi connectivity index (χ1n) is 16.9. The van der Waals surface area contributed by atoms with E-state index in [1.54, 1.807) is 59.4 Å². The van der Waals surface area contributed by atoms with Crippen molar-refractivity contribution >= 4 is 17.6 Å². The lowest BCUT2D eigenvalue weighted by molar-refractivity contribution is -0.319. The van der Waals surface area contributed by atoms with Gasteiger partial charge in [-0.1, -0.05) is 32.9 Å². The molecule has 13 atom stereocenters. The molecule has 7 bridgehead atoms. The number of fused-ring (bicyclic) bond motifs is 2. The number of carbonyl (C=O) groups excluding carboxylic acids is 2. The normalized spacial score (nSPS) is 46.8. The van der Waals surface area contributed by atoms with Crippen molar-refractivity contribution in [3.05, 3.63) is 29.8 Å². The average molecular weight is 643 g/mol. The van der Waals surface area contributed by atoms with Crippen LogP contribution in [0, 0.1) is 40.4 Å². The zero-order valence-electron chi connectivity index (χ0n) is 27.8. The third-order valence-electron chi connectivity index (χ3n) is 13.4. The van der Waals surface area contributed by atoms with Crippen LogP contribution in [0.2, 0.25) is 0 Å². The van der Waals surface area contributed by atoms with Crippen LogP contribution in [0.3, 0.4) is 0 Å². The fourth-order valence-corrected chi connectivity index (χ4v) is 12.1. The van der Waals surface area contributed by atoms with Crippen molar-refractivity contribution in [2.75, 3.05) is 46.8 Å². The Morgan fingerprint density at radius 1 is 1.11 bits per heavy atom. The predicted molar refractivity (Wildman–Crippen MR) is 166 cm³/mol. The van der Waals surface area contributed by atoms with Gasteiger partial charge in [-0.25, -0.2) is 4.79 Å². The molecule has 1 aliphatic heterocycles. The lowest BCUT2D eigenvalue weighted by Crippen LogP contribution is -2.82. The number of carbonyl (C=O) groups is 2. The van der Waals surface area contributed by atoms with Crippen molar-refractivity contribution in [1.82, 2.24) is 4.90 Å². The van der Waals surface area contributed by atoms with Gasteiger partial charge in [-0.2, -0.15) is 0 Å². The Bertz CT molecular complexity index is 1390. The number of aliphatic hydroxyl groups is 2. The number of benzene rings is 1. The number of nitrogens with zero attached hydrogens (tertiary/aromatic N) is 1. The Morgan fingerprint density at radius 3 is 2.48 bits per heavy atom. The van der Waals surface area contributed by atoms with Crippen molar-refractivity contribution in [2.24, 2.45) is 40.4 Å². The number of anilines is 1. The summed E-state index contributed by atoms with van der Waals surface area (Å²) in [7, 11) is 4.95. The molecule has 5 saturated carbocycles. The monoisotopic (exact) mass is 642 g/mol. The minimum Gasteiger partial charge on any atom is -0.461 e. The topological polar surface area (TPSA) is 150 Å². The van der Waals surface area contributed by atoms with Crippen molar-refractivity contribution in [3.8, 4) is 0 Å². The average Bonchev–Trinajstić information content (AvgIpc) is 3.43. The second-order valence-electron chi connectivity index (χ2n) is 15.2. The second-order valence-corrected chi connectivity index (χ2v) is 15.2. The summed E-state index contributed by atoms with van der Waals surface area (Å²) < 4.78 is 31.3.